The van der Waals surface area contributed by atoms with Gasteiger partial charge in [0.2, 0.25) is 0 Å². The first-order valence-corrected chi connectivity index (χ1v) is 11.4. The van der Waals surface area contributed by atoms with Crippen LogP contribution in [0.3, 0.4) is 0 Å². The van der Waals surface area contributed by atoms with Crippen molar-refractivity contribution >= 4 is 69.1 Å². The van der Waals surface area contributed by atoms with Crippen molar-refractivity contribution < 1.29 is 29.0 Å². The maximum atomic E-state index is 12.8. The molecule has 2 aromatic rings. The molecule has 0 radical (unpaired) electrons. The summed E-state index contributed by atoms with van der Waals surface area (Å²) in [7, 11) is 0. The molecule has 0 atom stereocenters. The van der Waals surface area contributed by atoms with Crippen molar-refractivity contribution in [1.29, 1.82) is 0 Å². The highest BCUT2D eigenvalue weighted by molar-refractivity contribution is 14.1. The summed E-state index contributed by atoms with van der Waals surface area (Å²) in [4.78, 5) is 37.5. The second-order valence-electron chi connectivity index (χ2n) is 6.30. The number of imide groups is 1. The van der Waals surface area contributed by atoms with Gasteiger partial charge in [-0.05, 0) is 76.7 Å². The Bertz CT molecular complexity index is 1070. The molecule has 1 heterocycles. The van der Waals surface area contributed by atoms with E-state index in [1.165, 1.54) is 0 Å². The molecule has 162 valence electrons. The van der Waals surface area contributed by atoms with Crippen LogP contribution in [0.5, 0.6) is 11.5 Å². The summed E-state index contributed by atoms with van der Waals surface area (Å²) in [5.41, 5.74) is 1.31. The van der Waals surface area contributed by atoms with E-state index in [4.69, 9.17) is 26.2 Å². The predicted octanol–water partition coefficient (Wildman–Crippen LogP) is 5.04. The molecule has 0 aromatic heterocycles. The molecule has 31 heavy (non-hydrogen) atoms. The SMILES string of the molecule is CCOc1cc(/C=C2\SC(=O)N(Cc3ccccc3Cl)C2=O)cc(I)c1OCC(=O)O. The molecule has 3 rings (SSSR count). The van der Waals surface area contributed by atoms with Gasteiger partial charge < -0.3 is 14.6 Å². The number of aliphatic carboxylic acids is 1. The van der Waals surface area contributed by atoms with Gasteiger partial charge in [0, 0.05) is 5.02 Å². The number of rotatable bonds is 8. The van der Waals surface area contributed by atoms with Crippen LogP contribution in [-0.4, -0.2) is 40.3 Å². The second kappa shape index (κ2) is 10.4. The summed E-state index contributed by atoms with van der Waals surface area (Å²) in [6.45, 7) is 1.72. The number of amides is 2. The Kier molecular flexibility index (Phi) is 7.84. The number of nitrogens with zero attached hydrogens (tertiary/aromatic N) is 1. The Morgan fingerprint density at radius 2 is 2.00 bits per heavy atom. The Balaban J connectivity index is 1.87. The van der Waals surface area contributed by atoms with Gasteiger partial charge in [-0.25, -0.2) is 4.79 Å². The first kappa shape index (κ1) is 23.4. The van der Waals surface area contributed by atoms with Crippen molar-refractivity contribution in [1.82, 2.24) is 4.90 Å². The lowest BCUT2D eigenvalue weighted by molar-refractivity contribution is -0.139. The van der Waals surface area contributed by atoms with E-state index < -0.39 is 18.5 Å². The lowest BCUT2D eigenvalue weighted by Gasteiger charge is -2.14. The number of carboxylic acids is 1. The molecule has 1 saturated heterocycles. The van der Waals surface area contributed by atoms with Crippen molar-refractivity contribution in [2.75, 3.05) is 13.2 Å². The average Bonchev–Trinajstić information content (AvgIpc) is 2.96. The number of ether oxygens (including phenoxy) is 2. The van der Waals surface area contributed by atoms with E-state index in [2.05, 4.69) is 0 Å². The summed E-state index contributed by atoms with van der Waals surface area (Å²) in [5, 5.41) is 8.98. The molecule has 7 nitrogen and oxygen atoms in total. The highest BCUT2D eigenvalue weighted by Gasteiger charge is 2.35. The van der Waals surface area contributed by atoms with Gasteiger partial charge in [0.25, 0.3) is 11.1 Å². The molecule has 0 saturated carbocycles. The summed E-state index contributed by atoms with van der Waals surface area (Å²) < 4.78 is 11.5. The van der Waals surface area contributed by atoms with E-state index in [9.17, 15) is 14.4 Å². The first-order valence-electron chi connectivity index (χ1n) is 9.09. The number of halogens is 2. The molecule has 10 heteroatoms. The zero-order chi connectivity index (χ0) is 22.5. The summed E-state index contributed by atoms with van der Waals surface area (Å²) in [6.07, 6.45) is 1.60. The molecule has 0 spiro atoms. The molecule has 0 bridgehead atoms. The summed E-state index contributed by atoms with van der Waals surface area (Å²) in [6, 6.07) is 10.4. The van der Waals surface area contributed by atoms with Crippen LogP contribution in [0.1, 0.15) is 18.1 Å². The Morgan fingerprint density at radius 3 is 2.68 bits per heavy atom. The molecule has 2 amide bonds. The third-order valence-electron chi connectivity index (χ3n) is 4.13. The zero-order valence-electron chi connectivity index (χ0n) is 16.3. The molecule has 0 aliphatic carbocycles. The van der Waals surface area contributed by atoms with Gasteiger partial charge >= 0.3 is 5.97 Å². The van der Waals surface area contributed by atoms with Gasteiger partial charge in [0.1, 0.15) is 0 Å². The Labute approximate surface area is 201 Å². The van der Waals surface area contributed by atoms with Crippen LogP contribution in [-0.2, 0) is 16.1 Å². The number of thioether (sulfide) groups is 1. The van der Waals surface area contributed by atoms with Crippen molar-refractivity contribution in [3.05, 3.63) is 61.0 Å². The highest BCUT2D eigenvalue weighted by Crippen LogP contribution is 2.38. The van der Waals surface area contributed by atoms with Crippen molar-refractivity contribution in [3.63, 3.8) is 0 Å². The van der Waals surface area contributed by atoms with Gasteiger partial charge in [0.05, 0.1) is 21.6 Å². The quantitative estimate of drug-likeness (QED) is 0.349. The number of benzene rings is 2. The molecule has 2 aromatic carbocycles. The first-order chi connectivity index (χ1) is 14.8. The fourth-order valence-electron chi connectivity index (χ4n) is 2.79. The van der Waals surface area contributed by atoms with E-state index in [1.807, 2.05) is 22.6 Å². The number of carboxylic acid groups (broad SMARTS) is 1. The van der Waals surface area contributed by atoms with Gasteiger partial charge in [-0.2, -0.15) is 0 Å². The minimum Gasteiger partial charge on any atom is -0.490 e. The maximum Gasteiger partial charge on any atom is 0.341 e. The third kappa shape index (κ3) is 5.72. The van der Waals surface area contributed by atoms with Crippen molar-refractivity contribution in [2.45, 2.75) is 13.5 Å². The average molecular weight is 574 g/mol. The van der Waals surface area contributed by atoms with Crippen molar-refractivity contribution in [3.8, 4) is 11.5 Å². The fourth-order valence-corrected chi connectivity index (χ4v) is 4.61. The number of carbonyl (C=O) groups is 3. The largest absolute Gasteiger partial charge is 0.490 e. The summed E-state index contributed by atoms with van der Waals surface area (Å²) in [5.74, 6) is -0.838. The summed E-state index contributed by atoms with van der Waals surface area (Å²) >= 11 is 9.01. The lowest BCUT2D eigenvalue weighted by Crippen LogP contribution is -2.27. The standard InChI is InChI=1S/C21H17ClINO6S/c1-2-29-16-8-12(7-15(23)19(16)30-11-18(25)26)9-17-20(27)24(21(28)31-17)10-13-5-3-4-6-14(13)22/h3-9H,2,10-11H2,1H3,(H,25,26)/b17-9-. The Morgan fingerprint density at radius 1 is 1.26 bits per heavy atom. The Hall–Kier alpha value is -2.24. The lowest BCUT2D eigenvalue weighted by atomic mass is 10.1. The van der Waals surface area contributed by atoms with Gasteiger partial charge in [-0.3, -0.25) is 14.5 Å². The van der Waals surface area contributed by atoms with Crippen molar-refractivity contribution in [2.24, 2.45) is 0 Å². The van der Waals surface area contributed by atoms with Crippen LogP contribution in [0.15, 0.2) is 41.3 Å². The minimum absolute atomic E-state index is 0.0887. The molecular formula is C21H17ClINO6S. The van der Waals surface area contributed by atoms with E-state index in [-0.39, 0.29) is 16.7 Å². The molecule has 0 unspecified atom stereocenters. The van der Waals surface area contributed by atoms with Crippen LogP contribution in [0.2, 0.25) is 5.02 Å². The van der Waals surface area contributed by atoms with Gasteiger partial charge in [-0.15, -0.1) is 0 Å². The van der Waals surface area contributed by atoms with E-state index >= 15 is 0 Å². The topological polar surface area (TPSA) is 93.1 Å². The molecule has 1 aliphatic heterocycles. The monoisotopic (exact) mass is 573 g/mol. The van der Waals surface area contributed by atoms with E-state index in [1.54, 1.807) is 49.4 Å². The third-order valence-corrected chi connectivity index (χ3v) is 6.21. The number of hydrogen-bond donors (Lipinski definition) is 1. The molecule has 1 fully saturated rings. The molecule has 1 aliphatic rings. The van der Waals surface area contributed by atoms with Crippen LogP contribution in [0.25, 0.3) is 6.08 Å². The van der Waals surface area contributed by atoms with Crippen LogP contribution in [0.4, 0.5) is 4.79 Å². The van der Waals surface area contributed by atoms with E-state index in [0.717, 1.165) is 16.7 Å². The highest BCUT2D eigenvalue weighted by atomic mass is 127. The number of hydrogen-bond acceptors (Lipinski definition) is 6. The van der Waals surface area contributed by atoms with E-state index in [0.29, 0.717) is 37.8 Å². The van der Waals surface area contributed by atoms with Crippen LogP contribution in [0, 0.1) is 3.57 Å². The smallest absolute Gasteiger partial charge is 0.341 e. The fraction of sp³-hybridized carbons (Fsp3) is 0.190. The second-order valence-corrected chi connectivity index (χ2v) is 8.87. The van der Waals surface area contributed by atoms with Gasteiger partial charge in [0.15, 0.2) is 18.1 Å². The predicted molar refractivity (Wildman–Crippen MR) is 126 cm³/mol. The van der Waals surface area contributed by atoms with Crippen LogP contribution >= 0.6 is 46.0 Å². The molecule has 1 N–H and O–H groups in total. The van der Waals surface area contributed by atoms with Crippen LogP contribution < -0.4 is 9.47 Å². The zero-order valence-corrected chi connectivity index (χ0v) is 20.0. The normalized spacial score (nSPS) is 14.9. The maximum absolute atomic E-state index is 12.8. The molecular weight excluding hydrogens is 557 g/mol. The minimum atomic E-state index is -1.10. The number of carbonyl (C=O) groups excluding carboxylic acids is 2. The van der Waals surface area contributed by atoms with Gasteiger partial charge in [-0.1, -0.05) is 29.8 Å².